The van der Waals surface area contributed by atoms with Crippen LogP contribution >= 0.6 is 0 Å². The van der Waals surface area contributed by atoms with Gasteiger partial charge in [0.15, 0.2) is 0 Å². The molecule has 4 nitrogen and oxygen atoms in total. The highest BCUT2D eigenvalue weighted by Gasteiger charge is 2.40. The summed E-state index contributed by atoms with van der Waals surface area (Å²) in [6.07, 6.45) is 4.97. The summed E-state index contributed by atoms with van der Waals surface area (Å²) in [5.74, 6) is -0.245. The van der Waals surface area contributed by atoms with E-state index in [9.17, 15) is 4.79 Å². The maximum absolute atomic E-state index is 10.8. The molecule has 2 fully saturated rings. The van der Waals surface area contributed by atoms with Crippen LogP contribution < -0.4 is 0 Å². The molecule has 0 amide bonds. The molecule has 2 rings (SSSR count). The monoisotopic (exact) mass is 241 g/mol. The standard InChI is InChI=1S/C13H23NO3/c1-2-17-6-5-14-11-3-4-12(14)8-10(7-11)9-13(15)16/h10-12H,2-9H2,1H3,(H,15,16). The second kappa shape index (κ2) is 5.83. The molecule has 2 heterocycles. The second-order valence-electron chi connectivity index (χ2n) is 5.26. The minimum absolute atomic E-state index is 0.353. The van der Waals surface area contributed by atoms with Crippen LogP contribution in [0.5, 0.6) is 0 Å². The zero-order chi connectivity index (χ0) is 12.3. The van der Waals surface area contributed by atoms with Crippen LogP contribution in [-0.4, -0.2) is 47.8 Å². The first-order chi connectivity index (χ1) is 8.20. The van der Waals surface area contributed by atoms with Gasteiger partial charge in [-0.15, -0.1) is 0 Å². The van der Waals surface area contributed by atoms with Crippen LogP contribution in [0.4, 0.5) is 0 Å². The largest absolute Gasteiger partial charge is 0.481 e. The summed E-state index contributed by atoms with van der Waals surface area (Å²) < 4.78 is 5.42. The van der Waals surface area contributed by atoms with Gasteiger partial charge in [-0.3, -0.25) is 9.69 Å². The molecule has 2 aliphatic heterocycles. The molecule has 2 atom stereocenters. The predicted octanol–water partition coefficient (Wildman–Crippen LogP) is 1.74. The van der Waals surface area contributed by atoms with Crippen LogP contribution in [0.3, 0.4) is 0 Å². The molecule has 2 aliphatic rings. The number of ether oxygens (including phenoxy) is 1. The number of hydrogen-bond donors (Lipinski definition) is 1. The number of aliphatic carboxylic acids is 1. The number of carboxylic acid groups (broad SMARTS) is 1. The SMILES string of the molecule is CCOCCN1C2CCC1CC(CC(=O)O)C2. The number of rotatable bonds is 6. The Kier molecular flexibility index (Phi) is 4.40. The summed E-state index contributed by atoms with van der Waals surface area (Å²) in [4.78, 5) is 13.3. The molecule has 2 unspecified atom stereocenters. The number of piperidine rings is 1. The highest BCUT2D eigenvalue weighted by molar-refractivity contribution is 5.67. The van der Waals surface area contributed by atoms with Crippen molar-refractivity contribution < 1.29 is 14.6 Å². The zero-order valence-electron chi connectivity index (χ0n) is 10.6. The number of carbonyl (C=O) groups is 1. The Morgan fingerprint density at radius 1 is 1.35 bits per heavy atom. The lowest BCUT2D eigenvalue weighted by Gasteiger charge is -2.38. The Bertz CT molecular complexity index is 255. The fraction of sp³-hybridized carbons (Fsp3) is 0.923. The third kappa shape index (κ3) is 3.19. The first kappa shape index (κ1) is 12.8. The number of nitrogens with zero attached hydrogens (tertiary/aromatic N) is 1. The number of carboxylic acids is 1. The van der Waals surface area contributed by atoms with Gasteiger partial charge >= 0.3 is 5.97 Å². The lowest BCUT2D eigenvalue weighted by molar-refractivity contribution is -0.138. The molecule has 0 spiro atoms. The smallest absolute Gasteiger partial charge is 0.303 e. The van der Waals surface area contributed by atoms with Crippen LogP contribution in [0.25, 0.3) is 0 Å². The Balaban J connectivity index is 1.82. The first-order valence-electron chi connectivity index (χ1n) is 6.76. The predicted molar refractivity (Wildman–Crippen MR) is 65.0 cm³/mol. The van der Waals surface area contributed by atoms with Crippen molar-refractivity contribution in [3.8, 4) is 0 Å². The molecule has 2 saturated heterocycles. The molecule has 17 heavy (non-hydrogen) atoms. The summed E-state index contributed by atoms with van der Waals surface area (Å²) >= 11 is 0. The van der Waals surface area contributed by atoms with Crippen molar-refractivity contribution in [2.24, 2.45) is 5.92 Å². The second-order valence-corrected chi connectivity index (χ2v) is 5.26. The Morgan fingerprint density at radius 3 is 2.53 bits per heavy atom. The first-order valence-corrected chi connectivity index (χ1v) is 6.76. The average Bonchev–Trinajstić information content (AvgIpc) is 2.51. The minimum Gasteiger partial charge on any atom is -0.481 e. The van der Waals surface area contributed by atoms with E-state index in [2.05, 4.69) is 4.90 Å². The van der Waals surface area contributed by atoms with Crippen molar-refractivity contribution in [1.29, 1.82) is 0 Å². The Hall–Kier alpha value is -0.610. The van der Waals surface area contributed by atoms with Crippen LogP contribution in [0, 0.1) is 5.92 Å². The molecular formula is C13H23NO3. The van der Waals surface area contributed by atoms with Gasteiger partial charge in [0.05, 0.1) is 6.61 Å². The maximum Gasteiger partial charge on any atom is 0.303 e. The van der Waals surface area contributed by atoms with Gasteiger partial charge in [0.25, 0.3) is 0 Å². The summed E-state index contributed by atoms with van der Waals surface area (Å²) in [5, 5.41) is 8.86. The molecule has 0 aliphatic carbocycles. The molecule has 0 saturated carbocycles. The average molecular weight is 241 g/mol. The molecule has 0 aromatic heterocycles. The fourth-order valence-electron chi connectivity index (χ4n) is 3.48. The Morgan fingerprint density at radius 2 is 2.00 bits per heavy atom. The molecular weight excluding hydrogens is 218 g/mol. The summed E-state index contributed by atoms with van der Waals surface area (Å²) in [7, 11) is 0. The zero-order valence-corrected chi connectivity index (χ0v) is 10.6. The fourth-order valence-corrected chi connectivity index (χ4v) is 3.48. The summed E-state index contributed by atoms with van der Waals surface area (Å²) in [6, 6.07) is 1.22. The van der Waals surface area contributed by atoms with E-state index in [4.69, 9.17) is 9.84 Å². The molecule has 2 bridgehead atoms. The summed E-state index contributed by atoms with van der Waals surface area (Å²) in [6.45, 7) is 4.63. The van der Waals surface area contributed by atoms with Gasteiger partial charge < -0.3 is 9.84 Å². The number of fused-ring (bicyclic) bond motifs is 2. The van der Waals surface area contributed by atoms with Crippen LogP contribution in [0.1, 0.15) is 39.0 Å². The van der Waals surface area contributed by atoms with E-state index in [-0.39, 0.29) is 0 Å². The lowest BCUT2D eigenvalue weighted by atomic mass is 9.88. The quantitative estimate of drug-likeness (QED) is 0.720. The van der Waals surface area contributed by atoms with Crippen molar-refractivity contribution >= 4 is 5.97 Å². The normalized spacial score (nSPS) is 32.9. The number of hydrogen-bond acceptors (Lipinski definition) is 3. The lowest BCUT2D eigenvalue weighted by Crippen LogP contribution is -2.44. The summed E-state index contributed by atoms with van der Waals surface area (Å²) in [5.41, 5.74) is 0. The topological polar surface area (TPSA) is 49.8 Å². The van der Waals surface area contributed by atoms with Gasteiger partial charge in [0.1, 0.15) is 0 Å². The van der Waals surface area contributed by atoms with Crippen LogP contribution in [0.15, 0.2) is 0 Å². The van der Waals surface area contributed by atoms with E-state index in [1.165, 1.54) is 12.8 Å². The molecule has 4 heteroatoms. The van der Waals surface area contributed by atoms with Gasteiger partial charge in [0.2, 0.25) is 0 Å². The highest BCUT2D eigenvalue weighted by Crippen LogP contribution is 2.39. The van der Waals surface area contributed by atoms with Crippen molar-refractivity contribution in [2.75, 3.05) is 19.8 Å². The Labute approximate surface area is 103 Å². The van der Waals surface area contributed by atoms with E-state index < -0.39 is 5.97 Å². The van der Waals surface area contributed by atoms with Crippen molar-refractivity contribution in [2.45, 2.75) is 51.1 Å². The van der Waals surface area contributed by atoms with Crippen LogP contribution in [-0.2, 0) is 9.53 Å². The van der Waals surface area contributed by atoms with E-state index in [0.717, 1.165) is 32.6 Å². The van der Waals surface area contributed by atoms with E-state index in [0.29, 0.717) is 24.4 Å². The molecule has 1 N–H and O–H groups in total. The van der Waals surface area contributed by atoms with E-state index in [1.54, 1.807) is 0 Å². The highest BCUT2D eigenvalue weighted by atomic mass is 16.5. The van der Waals surface area contributed by atoms with Crippen molar-refractivity contribution in [1.82, 2.24) is 4.90 Å². The maximum atomic E-state index is 10.8. The van der Waals surface area contributed by atoms with E-state index in [1.807, 2.05) is 6.92 Å². The molecule has 0 radical (unpaired) electrons. The van der Waals surface area contributed by atoms with Gasteiger partial charge in [-0.05, 0) is 38.5 Å². The third-order valence-corrected chi connectivity index (χ3v) is 4.14. The van der Waals surface area contributed by atoms with Gasteiger partial charge in [-0.25, -0.2) is 0 Å². The van der Waals surface area contributed by atoms with Gasteiger partial charge in [-0.1, -0.05) is 0 Å². The minimum atomic E-state index is -0.642. The van der Waals surface area contributed by atoms with Crippen molar-refractivity contribution in [3.05, 3.63) is 0 Å². The van der Waals surface area contributed by atoms with E-state index >= 15 is 0 Å². The molecule has 98 valence electrons. The molecule has 0 aromatic carbocycles. The van der Waals surface area contributed by atoms with Crippen molar-refractivity contribution in [3.63, 3.8) is 0 Å². The third-order valence-electron chi connectivity index (χ3n) is 4.14. The van der Waals surface area contributed by atoms with Gasteiger partial charge in [0, 0.05) is 31.7 Å². The molecule has 0 aromatic rings. The van der Waals surface area contributed by atoms with Crippen LogP contribution in [0.2, 0.25) is 0 Å². The van der Waals surface area contributed by atoms with Gasteiger partial charge in [-0.2, -0.15) is 0 Å².